The number of aliphatic hydroxyl groups is 1. The summed E-state index contributed by atoms with van der Waals surface area (Å²) in [5.74, 6) is -2.74. The van der Waals surface area contributed by atoms with E-state index in [9.17, 15) is 29.7 Å². The maximum Gasteiger partial charge on any atom is 0.315 e. The predicted molar refractivity (Wildman–Crippen MR) is 188 cm³/mol. The van der Waals surface area contributed by atoms with Gasteiger partial charge >= 0.3 is 11.9 Å². The molecule has 0 unspecified atom stereocenters. The molecule has 1 aromatic carbocycles. The minimum atomic E-state index is -1.20. The number of esters is 1. The average Bonchev–Trinajstić information content (AvgIpc) is 3.43. The summed E-state index contributed by atoms with van der Waals surface area (Å²) in [5.41, 5.74) is -0.345. The zero-order valence-corrected chi connectivity index (χ0v) is 29.6. The van der Waals surface area contributed by atoms with Crippen LogP contribution >= 0.6 is 0 Å². The lowest BCUT2D eigenvalue weighted by Gasteiger charge is -2.61. The zero-order chi connectivity index (χ0) is 35.0. The Morgan fingerprint density at radius 3 is 2.37 bits per heavy atom. The number of aromatic hydroxyl groups is 1. The topological polar surface area (TPSA) is 134 Å². The fourth-order valence-electron chi connectivity index (χ4n) is 8.86. The van der Waals surface area contributed by atoms with Crippen LogP contribution < -0.4 is 4.74 Å². The number of carbonyl (C=O) groups excluding carboxylic acids is 2. The van der Waals surface area contributed by atoms with Crippen molar-refractivity contribution in [1.29, 1.82) is 0 Å². The van der Waals surface area contributed by atoms with Gasteiger partial charge in [0.2, 0.25) is 0 Å². The minimum absolute atomic E-state index is 0.0297. The number of Topliss-reactive ketones (excluding diaryl/α,β-unsaturated/α-hetero) is 1. The molecular weight excluding hydrogens is 622 g/mol. The molecule has 0 saturated carbocycles. The highest BCUT2D eigenvalue weighted by molar-refractivity contribution is 5.87. The number of piperidine rings is 1. The summed E-state index contributed by atoms with van der Waals surface area (Å²) >= 11 is 0. The van der Waals surface area contributed by atoms with E-state index in [0.717, 1.165) is 43.2 Å². The van der Waals surface area contributed by atoms with Crippen LogP contribution in [0.2, 0.25) is 0 Å². The first-order valence-corrected chi connectivity index (χ1v) is 18.9. The molecule has 2 aliphatic carbocycles. The first-order chi connectivity index (χ1) is 23.6. The number of phenols is 1. The Kier molecular flexibility index (Phi) is 12.6. The summed E-state index contributed by atoms with van der Waals surface area (Å²) < 4.78 is 12.3. The number of likely N-dealkylation sites (tertiary alicyclic amines) is 1. The van der Waals surface area contributed by atoms with Crippen molar-refractivity contribution in [3.05, 3.63) is 47.2 Å². The Morgan fingerprint density at radius 2 is 1.67 bits per heavy atom. The Morgan fingerprint density at radius 1 is 1.00 bits per heavy atom. The normalized spacial score (nSPS) is 25.8. The van der Waals surface area contributed by atoms with Crippen molar-refractivity contribution < 1.29 is 39.2 Å². The van der Waals surface area contributed by atoms with Gasteiger partial charge in [0, 0.05) is 30.9 Å². The third kappa shape index (κ3) is 7.93. The van der Waals surface area contributed by atoms with Crippen molar-refractivity contribution in [2.24, 2.45) is 5.92 Å². The minimum Gasteiger partial charge on any atom is -0.504 e. The number of phenolic OH excluding ortho intramolecular Hbond substituents is 1. The SMILES string of the molecule is CCCCCCCC/C=C\CCCCCCCC(=O)C[C@@H](CC(=O)O)C(=O)OC1=CC[C@@]2(O)[C@@H]3Cc4ccc(O)c5c4[C@@]2(CCN3C)[C@H]1O5. The Bertz CT molecular complexity index is 1400. The summed E-state index contributed by atoms with van der Waals surface area (Å²) in [7, 11) is 2.00. The van der Waals surface area contributed by atoms with Crippen LogP contribution in [0.5, 0.6) is 11.5 Å². The van der Waals surface area contributed by atoms with Crippen molar-refractivity contribution in [3.8, 4) is 11.5 Å². The van der Waals surface area contributed by atoms with Gasteiger partial charge in [-0.3, -0.25) is 14.4 Å². The predicted octanol–water partition coefficient (Wildman–Crippen LogP) is 7.30. The van der Waals surface area contributed by atoms with Gasteiger partial charge in [-0.15, -0.1) is 0 Å². The molecule has 2 aliphatic heterocycles. The summed E-state index contributed by atoms with van der Waals surface area (Å²) in [5, 5.41) is 32.6. The number of hydrogen-bond acceptors (Lipinski definition) is 8. The number of unbranched alkanes of at least 4 members (excludes halogenated alkanes) is 11. The largest absolute Gasteiger partial charge is 0.504 e. The number of carboxylic acid groups (broad SMARTS) is 1. The molecule has 9 nitrogen and oxygen atoms in total. The molecule has 2 bridgehead atoms. The van der Waals surface area contributed by atoms with E-state index in [-0.39, 0.29) is 36.2 Å². The van der Waals surface area contributed by atoms with E-state index in [0.29, 0.717) is 38.0 Å². The molecule has 4 aliphatic rings. The van der Waals surface area contributed by atoms with Gasteiger partial charge in [0.1, 0.15) is 11.5 Å². The van der Waals surface area contributed by atoms with Gasteiger partial charge in [0.15, 0.2) is 17.6 Å². The molecule has 1 aromatic rings. The quantitative estimate of drug-likeness (QED) is 0.0695. The molecule has 0 radical (unpaired) electrons. The number of likely N-dealkylation sites (N-methyl/N-ethyl adjacent to an activating group) is 1. The lowest BCUT2D eigenvalue weighted by Crippen LogP contribution is -2.74. The van der Waals surface area contributed by atoms with Gasteiger partial charge in [-0.25, -0.2) is 0 Å². The van der Waals surface area contributed by atoms with E-state index in [1.165, 1.54) is 44.9 Å². The van der Waals surface area contributed by atoms with E-state index in [4.69, 9.17) is 9.47 Å². The molecule has 1 fully saturated rings. The number of ketones is 1. The molecule has 5 rings (SSSR count). The van der Waals surface area contributed by atoms with Gasteiger partial charge in [0.25, 0.3) is 0 Å². The number of ether oxygens (including phenoxy) is 2. The molecule has 9 heteroatoms. The second-order valence-corrected chi connectivity index (χ2v) is 14.9. The fraction of sp³-hybridized carbons (Fsp3) is 0.675. The zero-order valence-electron chi connectivity index (χ0n) is 29.6. The summed E-state index contributed by atoms with van der Waals surface area (Å²) in [4.78, 5) is 40.3. The van der Waals surface area contributed by atoms with Crippen molar-refractivity contribution in [2.45, 2.75) is 152 Å². The average molecular weight is 680 g/mol. The fourth-order valence-corrected chi connectivity index (χ4v) is 8.86. The molecule has 49 heavy (non-hydrogen) atoms. The maximum absolute atomic E-state index is 13.5. The standard InChI is InChI=1S/C40H57NO8/c1-3-4-5-6-7-8-9-10-11-12-13-14-15-16-17-18-30(42)25-29(27-34(44)45)38(46)48-32-21-22-40(47)33-26-28-19-20-31(43)36-35(28)39(40,37(32)49-36)23-24-41(33)2/h10-11,19-21,29,33,37,43,47H,3-9,12-18,22-27H2,1-2H3,(H,44,45)/b11-10-/t29-,33-,37-,39-,40+/m0/s1. The summed E-state index contributed by atoms with van der Waals surface area (Å²) in [6, 6.07) is 3.29. The molecule has 0 aromatic heterocycles. The van der Waals surface area contributed by atoms with Gasteiger partial charge in [-0.1, -0.05) is 76.5 Å². The monoisotopic (exact) mass is 679 g/mol. The molecule has 5 atom stereocenters. The first-order valence-electron chi connectivity index (χ1n) is 18.9. The number of aliphatic carboxylic acids is 1. The van der Waals surface area contributed by atoms with E-state index in [1.807, 2.05) is 13.1 Å². The lowest BCUT2D eigenvalue weighted by atomic mass is 9.50. The van der Waals surface area contributed by atoms with Gasteiger partial charge < -0.3 is 29.7 Å². The number of allylic oxidation sites excluding steroid dienone is 2. The molecular formula is C40H57NO8. The van der Waals surface area contributed by atoms with E-state index < -0.39 is 41.4 Å². The van der Waals surface area contributed by atoms with Crippen LogP contribution in [0.4, 0.5) is 0 Å². The number of carbonyl (C=O) groups is 3. The smallest absolute Gasteiger partial charge is 0.315 e. The van der Waals surface area contributed by atoms with Crippen molar-refractivity contribution in [2.75, 3.05) is 13.6 Å². The third-order valence-electron chi connectivity index (χ3n) is 11.5. The molecule has 1 spiro atoms. The molecule has 2 heterocycles. The van der Waals surface area contributed by atoms with E-state index in [2.05, 4.69) is 24.0 Å². The summed E-state index contributed by atoms with van der Waals surface area (Å²) in [6.45, 7) is 2.93. The second-order valence-electron chi connectivity index (χ2n) is 14.9. The highest BCUT2D eigenvalue weighted by Crippen LogP contribution is 2.65. The molecule has 3 N–H and O–H groups in total. The van der Waals surface area contributed by atoms with Gasteiger partial charge in [-0.05, 0) is 76.2 Å². The van der Waals surface area contributed by atoms with Crippen LogP contribution in [0, 0.1) is 5.92 Å². The highest BCUT2D eigenvalue weighted by atomic mass is 16.6. The number of rotatable bonds is 21. The number of carboxylic acids is 1. The second kappa shape index (κ2) is 16.7. The van der Waals surface area contributed by atoms with Crippen LogP contribution in [-0.2, 0) is 31.0 Å². The Balaban J connectivity index is 1.10. The highest BCUT2D eigenvalue weighted by Gasteiger charge is 2.72. The third-order valence-corrected chi connectivity index (χ3v) is 11.5. The van der Waals surface area contributed by atoms with Crippen molar-refractivity contribution in [1.82, 2.24) is 4.90 Å². The molecule has 270 valence electrons. The number of nitrogens with zero attached hydrogens (tertiary/aromatic N) is 1. The lowest BCUT2D eigenvalue weighted by molar-refractivity contribution is -0.171. The van der Waals surface area contributed by atoms with Crippen LogP contribution in [0.1, 0.15) is 134 Å². The molecule has 0 amide bonds. The van der Waals surface area contributed by atoms with Crippen LogP contribution in [0.3, 0.4) is 0 Å². The first kappa shape index (κ1) is 37.1. The van der Waals surface area contributed by atoms with Gasteiger partial charge in [0.05, 0.1) is 23.4 Å². The maximum atomic E-state index is 13.5. The van der Waals surface area contributed by atoms with Crippen LogP contribution in [0.25, 0.3) is 0 Å². The Labute approximate surface area is 291 Å². The van der Waals surface area contributed by atoms with E-state index in [1.54, 1.807) is 12.1 Å². The van der Waals surface area contributed by atoms with Crippen molar-refractivity contribution >= 4 is 17.7 Å². The van der Waals surface area contributed by atoms with Crippen LogP contribution in [-0.4, -0.2) is 69.3 Å². The van der Waals surface area contributed by atoms with Crippen LogP contribution in [0.15, 0.2) is 36.1 Å². The summed E-state index contributed by atoms with van der Waals surface area (Å²) in [6.07, 6.45) is 21.5. The van der Waals surface area contributed by atoms with Crippen molar-refractivity contribution in [3.63, 3.8) is 0 Å². The van der Waals surface area contributed by atoms with E-state index >= 15 is 0 Å². The number of benzene rings is 1. The Hall–Kier alpha value is -3.17. The number of hydrogen-bond donors (Lipinski definition) is 3. The van der Waals surface area contributed by atoms with Gasteiger partial charge in [-0.2, -0.15) is 0 Å². The molecule has 1 saturated heterocycles.